The molecule has 10 heteroatoms. The number of aromatic nitrogens is 2. The molecule has 1 fully saturated rings. The first-order chi connectivity index (χ1) is 16.6. The van der Waals surface area contributed by atoms with Gasteiger partial charge in [-0.25, -0.2) is 9.97 Å². The van der Waals surface area contributed by atoms with Crippen LogP contribution in [0.3, 0.4) is 0 Å². The smallest absolute Gasteiger partial charge is 0.240 e. The van der Waals surface area contributed by atoms with Crippen molar-refractivity contribution in [3.05, 3.63) is 47.5 Å². The lowest BCUT2D eigenvalue weighted by Gasteiger charge is -2.23. The predicted octanol–water partition coefficient (Wildman–Crippen LogP) is 3.24. The second kappa shape index (κ2) is 11.0. The minimum Gasteiger partial charge on any atom is -0.497 e. The highest BCUT2D eigenvalue weighted by Gasteiger charge is 2.20. The van der Waals surface area contributed by atoms with E-state index in [-0.39, 0.29) is 12.5 Å². The first-order valence-electron chi connectivity index (χ1n) is 10.9. The summed E-state index contributed by atoms with van der Waals surface area (Å²) < 4.78 is 10.7. The van der Waals surface area contributed by atoms with Crippen molar-refractivity contribution in [2.24, 2.45) is 0 Å². The summed E-state index contributed by atoms with van der Waals surface area (Å²) in [5.74, 6) is 1.96. The standard InChI is InChI=1S/C24H26N6O3S/c1-32-18-6-7-19(21(13-18)33-2)20-16-34-24(27-20)28-22(31)15-29-9-4-10-30(12-11-29)23-17(14-25)5-3-8-26-23/h3,5-8,13,16H,4,9-12,15H2,1-2H3,(H,27,28,31). The van der Waals surface area contributed by atoms with Crippen molar-refractivity contribution in [3.63, 3.8) is 0 Å². The Morgan fingerprint density at radius 3 is 2.88 bits per heavy atom. The van der Waals surface area contributed by atoms with Crippen LogP contribution >= 0.6 is 11.3 Å². The van der Waals surface area contributed by atoms with Gasteiger partial charge in [-0.2, -0.15) is 5.26 Å². The van der Waals surface area contributed by atoms with Gasteiger partial charge in [0, 0.05) is 49.4 Å². The molecule has 0 spiro atoms. The number of ether oxygens (including phenoxy) is 2. The molecule has 1 aliphatic heterocycles. The van der Waals surface area contributed by atoms with Gasteiger partial charge in [0.1, 0.15) is 23.4 Å². The minimum atomic E-state index is -0.105. The second-order valence-corrected chi connectivity index (χ2v) is 8.61. The maximum absolute atomic E-state index is 12.7. The number of thiazole rings is 1. The lowest BCUT2D eigenvalue weighted by molar-refractivity contribution is -0.117. The molecule has 1 aliphatic rings. The number of amides is 1. The van der Waals surface area contributed by atoms with Crippen LogP contribution in [0.25, 0.3) is 11.3 Å². The van der Waals surface area contributed by atoms with Crippen molar-refractivity contribution in [3.8, 4) is 28.8 Å². The van der Waals surface area contributed by atoms with Crippen molar-refractivity contribution in [1.29, 1.82) is 5.26 Å². The van der Waals surface area contributed by atoms with Gasteiger partial charge in [-0.3, -0.25) is 9.69 Å². The zero-order chi connectivity index (χ0) is 23.9. The average Bonchev–Trinajstić information content (AvgIpc) is 3.20. The molecular formula is C24H26N6O3S. The molecule has 1 N–H and O–H groups in total. The zero-order valence-corrected chi connectivity index (χ0v) is 20.0. The van der Waals surface area contributed by atoms with E-state index in [0.717, 1.165) is 30.8 Å². The minimum absolute atomic E-state index is 0.105. The van der Waals surface area contributed by atoms with Crippen molar-refractivity contribution in [1.82, 2.24) is 14.9 Å². The molecule has 1 saturated heterocycles. The highest BCUT2D eigenvalue weighted by molar-refractivity contribution is 7.14. The molecule has 34 heavy (non-hydrogen) atoms. The number of carbonyl (C=O) groups is 1. The number of carbonyl (C=O) groups excluding carboxylic acids is 1. The molecule has 176 valence electrons. The Hall–Kier alpha value is -3.68. The van der Waals surface area contributed by atoms with E-state index >= 15 is 0 Å². The molecule has 9 nitrogen and oxygen atoms in total. The second-order valence-electron chi connectivity index (χ2n) is 7.76. The normalized spacial score (nSPS) is 14.2. The Labute approximate surface area is 202 Å². The summed E-state index contributed by atoms with van der Waals surface area (Å²) in [5, 5.41) is 14.7. The fourth-order valence-electron chi connectivity index (χ4n) is 3.90. The number of benzene rings is 1. The van der Waals surface area contributed by atoms with Crippen LogP contribution in [-0.4, -0.2) is 67.7 Å². The molecule has 2 aromatic heterocycles. The van der Waals surface area contributed by atoms with Crippen molar-refractivity contribution >= 4 is 28.2 Å². The molecule has 1 amide bonds. The van der Waals surface area contributed by atoms with Gasteiger partial charge in [0.2, 0.25) is 5.91 Å². The van der Waals surface area contributed by atoms with E-state index in [9.17, 15) is 10.1 Å². The molecule has 0 radical (unpaired) electrons. The van der Waals surface area contributed by atoms with Crippen LogP contribution in [0.5, 0.6) is 11.5 Å². The van der Waals surface area contributed by atoms with Gasteiger partial charge in [-0.1, -0.05) is 0 Å². The highest BCUT2D eigenvalue weighted by Crippen LogP contribution is 2.34. The third-order valence-electron chi connectivity index (χ3n) is 5.60. The van der Waals surface area contributed by atoms with Gasteiger partial charge in [-0.05, 0) is 30.7 Å². The van der Waals surface area contributed by atoms with Gasteiger partial charge < -0.3 is 19.7 Å². The van der Waals surface area contributed by atoms with E-state index in [1.807, 2.05) is 17.5 Å². The van der Waals surface area contributed by atoms with Gasteiger partial charge >= 0.3 is 0 Å². The van der Waals surface area contributed by atoms with Crippen LogP contribution in [0.4, 0.5) is 10.9 Å². The fourth-order valence-corrected chi connectivity index (χ4v) is 4.63. The number of pyridine rings is 1. The zero-order valence-electron chi connectivity index (χ0n) is 19.2. The Kier molecular flexibility index (Phi) is 7.57. The molecule has 0 saturated carbocycles. The summed E-state index contributed by atoms with van der Waals surface area (Å²) in [6.45, 7) is 3.29. The summed E-state index contributed by atoms with van der Waals surface area (Å²) in [5.41, 5.74) is 2.13. The molecule has 1 aromatic carbocycles. The molecule has 0 atom stereocenters. The SMILES string of the molecule is COc1ccc(-c2csc(NC(=O)CN3CCCN(c4ncccc4C#N)CC3)n2)c(OC)c1. The van der Waals surface area contributed by atoms with Crippen LogP contribution in [0.1, 0.15) is 12.0 Å². The van der Waals surface area contributed by atoms with E-state index < -0.39 is 0 Å². The van der Waals surface area contributed by atoms with E-state index in [1.54, 1.807) is 38.6 Å². The summed E-state index contributed by atoms with van der Waals surface area (Å²) in [6.07, 6.45) is 2.59. The maximum Gasteiger partial charge on any atom is 0.240 e. The number of nitrogens with one attached hydrogen (secondary N) is 1. The van der Waals surface area contributed by atoms with Gasteiger partial charge in [0.25, 0.3) is 0 Å². The highest BCUT2D eigenvalue weighted by atomic mass is 32.1. The van der Waals surface area contributed by atoms with E-state index in [4.69, 9.17) is 9.47 Å². The largest absolute Gasteiger partial charge is 0.497 e. The fraction of sp³-hybridized carbons (Fsp3) is 0.333. The molecule has 0 bridgehead atoms. The number of nitriles is 1. The average molecular weight is 479 g/mol. The first kappa shape index (κ1) is 23.5. The van der Waals surface area contributed by atoms with Gasteiger partial charge in [0.15, 0.2) is 5.13 Å². The number of hydrogen-bond donors (Lipinski definition) is 1. The van der Waals surface area contributed by atoms with Gasteiger partial charge in [-0.15, -0.1) is 11.3 Å². The quantitative estimate of drug-likeness (QED) is 0.552. The molecular weight excluding hydrogens is 452 g/mol. The molecule has 3 aromatic rings. The summed E-state index contributed by atoms with van der Waals surface area (Å²) >= 11 is 1.37. The number of anilines is 2. The Balaban J connectivity index is 1.35. The van der Waals surface area contributed by atoms with Crippen molar-refractivity contribution in [2.45, 2.75) is 6.42 Å². The van der Waals surface area contributed by atoms with E-state index in [2.05, 4.69) is 31.2 Å². The summed E-state index contributed by atoms with van der Waals surface area (Å²) in [7, 11) is 3.21. The Morgan fingerprint density at radius 2 is 2.09 bits per heavy atom. The number of methoxy groups -OCH3 is 2. The maximum atomic E-state index is 12.7. The lowest BCUT2D eigenvalue weighted by atomic mass is 10.1. The molecule has 0 aliphatic carbocycles. The van der Waals surface area contributed by atoms with Crippen molar-refractivity contribution in [2.75, 3.05) is 57.2 Å². The van der Waals surface area contributed by atoms with E-state index in [1.165, 1.54) is 11.3 Å². The first-order valence-corrected chi connectivity index (χ1v) is 11.8. The van der Waals surface area contributed by atoms with E-state index in [0.29, 0.717) is 41.1 Å². The van der Waals surface area contributed by atoms with Crippen LogP contribution in [-0.2, 0) is 4.79 Å². The van der Waals surface area contributed by atoms with Gasteiger partial charge in [0.05, 0.1) is 32.0 Å². The topological polar surface area (TPSA) is 104 Å². The van der Waals surface area contributed by atoms with Crippen LogP contribution in [0.2, 0.25) is 0 Å². The monoisotopic (exact) mass is 478 g/mol. The number of hydrogen-bond acceptors (Lipinski definition) is 9. The molecule has 0 unspecified atom stereocenters. The number of nitrogens with zero attached hydrogens (tertiary/aromatic N) is 5. The number of rotatable bonds is 7. The van der Waals surface area contributed by atoms with Crippen LogP contribution in [0, 0.1) is 11.3 Å². The van der Waals surface area contributed by atoms with Crippen LogP contribution < -0.4 is 19.7 Å². The Morgan fingerprint density at radius 1 is 1.21 bits per heavy atom. The molecule has 3 heterocycles. The summed E-state index contributed by atoms with van der Waals surface area (Å²) in [6, 6.07) is 11.3. The third kappa shape index (κ3) is 5.44. The van der Waals surface area contributed by atoms with Crippen LogP contribution in [0.15, 0.2) is 41.9 Å². The third-order valence-corrected chi connectivity index (χ3v) is 6.36. The summed E-state index contributed by atoms with van der Waals surface area (Å²) in [4.78, 5) is 25.9. The lowest BCUT2D eigenvalue weighted by Crippen LogP contribution is -2.36. The predicted molar refractivity (Wildman–Crippen MR) is 132 cm³/mol. The Bertz CT molecular complexity index is 1190. The van der Waals surface area contributed by atoms with Crippen molar-refractivity contribution < 1.29 is 14.3 Å². The molecule has 4 rings (SSSR count).